The molecule has 1 nitrogen and oxygen atoms in total. The van der Waals surface area contributed by atoms with E-state index in [1.165, 1.54) is 54.4 Å². The molecule has 1 fully saturated rings. The lowest BCUT2D eigenvalue weighted by atomic mass is 9.90. The monoisotopic (exact) mass is 342 g/mol. The molecule has 3 aromatic rings. The van der Waals surface area contributed by atoms with Crippen molar-refractivity contribution >= 4 is 0 Å². The highest BCUT2D eigenvalue weighted by Crippen LogP contribution is 2.28. The molecule has 3 aromatic carbocycles. The number of rotatable bonds is 5. The van der Waals surface area contributed by atoms with Gasteiger partial charge < -0.3 is 4.74 Å². The predicted molar refractivity (Wildman–Crippen MR) is 109 cm³/mol. The molecule has 4 rings (SSSR count). The first kappa shape index (κ1) is 16.9. The largest absolute Gasteiger partial charge is 0.493 e. The molecule has 132 valence electrons. The molecule has 0 amide bonds. The molecule has 0 radical (unpaired) electrons. The van der Waals surface area contributed by atoms with Gasteiger partial charge in [0.25, 0.3) is 0 Å². The molecule has 0 unspecified atom stereocenters. The normalized spacial score (nSPS) is 14.9. The number of ether oxygens (including phenoxy) is 1. The molecule has 0 atom stereocenters. The molecular formula is C25H26O. The van der Waals surface area contributed by atoms with Crippen LogP contribution < -0.4 is 4.74 Å². The Bertz CT molecular complexity index is 797. The van der Waals surface area contributed by atoms with Crippen LogP contribution in [0.25, 0.3) is 22.3 Å². The smallest absolute Gasteiger partial charge is 0.119 e. The maximum atomic E-state index is 6.01. The van der Waals surface area contributed by atoms with Crippen molar-refractivity contribution in [3.05, 3.63) is 78.9 Å². The first-order valence-corrected chi connectivity index (χ1v) is 9.77. The Hall–Kier alpha value is -2.54. The standard InChI is InChI=1S/C25H26O/c1-3-7-20(8-4-1)19-26-25-17-15-24(16-18-25)23-13-11-22(12-14-23)21-9-5-2-6-10-21/h2,5-6,9-18,20H,1,3-4,7-8,19H2. The molecule has 0 aromatic heterocycles. The summed E-state index contributed by atoms with van der Waals surface area (Å²) >= 11 is 0. The van der Waals surface area contributed by atoms with Crippen molar-refractivity contribution in [3.63, 3.8) is 0 Å². The minimum absolute atomic E-state index is 0.744. The van der Waals surface area contributed by atoms with Crippen LogP contribution in [0, 0.1) is 5.92 Å². The Labute approximate surface area is 156 Å². The summed E-state index contributed by atoms with van der Waals surface area (Å²) in [5, 5.41) is 0. The number of benzene rings is 3. The lowest BCUT2D eigenvalue weighted by Crippen LogP contribution is -2.15. The third-order valence-corrected chi connectivity index (χ3v) is 5.39. The zero-order valence-corrected chi connectivity index (χ0v) is 15.2. The van der Waals surface area contributed by atoms with Gasteiger partial charge in [-0.25, -0.2) is 0 Å². The summed E-state index contributed by atoms with van der Waals surface area (Å²) in [5.74, 6) is 1.73. The molecule has 26 heavy (non-hydrogen) atoms. The summed E-state index contributed by atoms with van der Waals surface area (Å²) in [6.07, 6.45) is 6.78. The number of hydrogen-bond acceptors (Lipinski definition) is 1. The third kappa shape index (κ3) is 4.16. The van der Waals surface area contributed by atoms with Gasteiger partial charge in [0.15, 0.2) is 0 Å². The van der Waals surface area contributed by atoms with Crippen molar-refractivity contribution < 1.29 is 4.74 Å². The van der Waals surface area contributed by atoms with Crippen molar-refractivity contribution in [3.8, 4) is 28.0 Å². The van der Waals surface area contributed by atoms with Crippen LogP contribution in [0.15, 0.2) is 78.9 Å². The van der Waals surface area contributed by atoms with Gasteiger partial charge in [0.05, 0.1) is 6.61 Å². The lowest BCUT2D eigenvalue weighted by Gasteiger charge is -2.21. The van der Waals surface area contributed by atoms with Crippen molar-refractivity contribution in [2.45, 2.75) is 32.1 Å². The fraction of sp³-hybridized carbons (Fsp3) is 0.280. The molecule has 0 spiro atoms. The van der Waals surface area contributed by atoms with E-state index in [2.05, 4.69) is 78.9 Å². The summed E-state index contributed by atoms with van der Waals surface area (Å²) < 4.78 is 6.01. The van der Waals surface area contributed by atoms with E-state index < -0.39 is 0 Å². The Morgan fingerprint density at radius 2 is 1.08 bits per heavy atom. The van der Waals surface area contributed by atoms with E-state index >= 15 is 0 Å². The average molecular weight is 342 g/mol. The van der Waals surface area contributed by atoms with Gasteiger partial charge in [-0.1, -0.05) is 86.0 Å². The van der Waals surface area contributed by atoms with Gasteiger partial charge in [0.1, 0.15) is 5.75 Å². The Kier molecular flexibility index (Phi) is 5.35. The van der Waals surface area contributed by atoms with E-state index in [0.29, 0.717) is 0 Å². The fourth-order valence-electron chi connectivity index (χ4n) is 3.80. The Balaban J connectivity index is 1.40. The highest BCUT2D eigenvalue weighted by Gasteiger charge is 2.13. The quantitative estimate of drug-likeness (QED) is 0.486. The third-order valence-electron chi connectivity index (χ3n) is 5.39. The highest BCUT2D eigenvalue weighted by molar-refractivity contribution is 5.70. The van der Waals surface area contributed by atoms with Gasteiger partial charge in [-0.3, -0.25) is 0 Å². The molecule has 1 aliphatic rings. The molecule has 0 saturated heterocycles. The van der Waals surface area contributed by atoms with Gasteiger partial charge in [-0.2, -0.15) is 0 Å². The van der Waals surface area contributed by atoms with Crippen molar-refractivity contribution in [1.82, 2.24) is 0 Å². The molecule has 0 N–H and O–H groups in total. The van der Waals surface area contributed by atoms with Crippen LogP contribution in [-0.4, -0.2) is 6.61 Å². The van der Waals surface area contributed by atoms with E-state index in [1.54, 1.807) is 0 Å². The molecule has 0 heterocycles. The minimum Gasteiger partial charge on any atom is -0.493 e. The Morgan fingerprint density at radius 3 is 1.65 bits per heavy atom. The zero-order valence-electron chi connectivity index (χ0n) is 15.2. The molecule has 0 aliphatic heterocycles. The average Bonchev–Trinajstić information content (AvgIpc) is 2.74. The van der Waals surface area contributed by atoms with Crippen molar-refractivity contribution in [2.24, 2.45) is 5.92 Å². The molecule has 1 heteroatoms. The van der Waals surface area contributed by atoms with Crippen LogP contribution >= 0.6 is 0 Å². The van der Waals surface area contributed by atoms with E-state index in [4.69, 9.17) is 4.74 Å². The van der Waals surface area contributed by atoms with Crippen LogP contribution in [0.3, 0.4) is 0 Å². The lowest BCUT2D eigenvalue weighted by molar-refractivity contribution is 0.209. The minimum atomic E-state index is 0.744. The van der Waals surface area contributed by atoms with Crippen LogP contribution in [0.4, 0.5) is 0 Å². The maximum absolute atomic E-state index is 6.01. The number of hydrogen-bond donors (Lipinski definition) is 0. The topological polar surface area (TPSA) is 9.23 Å². The maximum Gasteiger partial charge on any atom is 0.119 e. The summed E-state index contributed by atoms with van der Waals surface area (Å²) in [4.78, 5) is 0. The molecule has 1 saturated carbocycles. The SMILES string of the molecule is c1ccc(-c2ccc(-c3ccc(OCC4CCCCC4)cc3)cc2)cc1. The van der Waals surface area contributed by atoms with Gasteiger partial charge >= 0.3 is 0 Å². The van der Waals surface area contributed by atoms with Crippen molar-refractivity contribution in [1.29, 1.82) is 0 Å². The summed E-state index contributed by atoms with van der Waals surface area (Å²) in [6.45, 7) is 0.866. The molecular weight excluding hydrogens is 316 g/mol. The van der Waals surface area contributed by atoms with E-state index in [0.717, 1.165) is 18.3 Å². The van der Waals surface area contributed by atoms with Crippen LogP contribution in [0.5, 0.6) is 5.75 Å². The molecule has 0 bridgehead atoms. The fourth-order valence-corrected chi connectivity index (χ4v) is 3.80. The summed E-state index contributed by atoms with van der Waals surface area (Å²) in [5.41, 5.74) is 4.98. The first-order valence-electron chi connectivity index (χ1n) is 9.77. The van der Waals surface area contributed by atoms with E-state index in [-0.39, 0.29) is 0 Å². The molecule has 1 aliphatic carbocycles. The summed E-state index contributed by atoms with van der Waals surface area (Å²) in [7, 11) is 0. The second-order valence-electron chi connectivity index (χ2n) is 7.28. The van der Waals surface area contributed by atoms with Gasteiger partial charge in [0, 0.05) is 0 Å². The van der Waals surface area contributed by atoms with Gasteiger partial charge in [0.2, 0.25) is 0 Å². The second-order valence-corrected chi connectivity index (χ2v) is 7.28. The van der Waals surface area contributed by atoms with E-state index in [9.17, 15) is 0 Å². The Morgan fingerprint density at radius 1 is 0.577 bits per heavy atom. The van der Waals surface area contributed by atoms with Crippen LogP contribution in [0.1, 0.15) is 32.1 Å². The second kappa shape index (κ2) is 8.23. The van der Waals surface area contributed by atoms with Crippen LogP contribution in [-0.2, 0) is 0 Å². The predicted octanol–water partition coefficient (Wildman–Crippen LogP) is 6.98. The first-order chi connectivity index (χ1) is 12.9. The van der Waals surface area contributed by atoms with Gasteiger partial charge in [-0.15, -0.1) is 0 Å². The van der Waals surface area contributed by atoms with Crippen molar-refractivity contribution in [2.75, 3.05) is 6.61 Å². The van der Waals surface area contributed by atoms with Crippen LogP contribution in [0.2, 0.25) is 0 Å². The highest BCUT2D eigenvalue weighted by atomic mass is 16.5. The zero-order chi connectivity index (χ0) is 17.6. The van der Waals surface area contributed by atoms with E-state index in [1.807, 2.05) is 0 Å². The van der Waals surface area contributed by atoms with Gasteiger partial charge in [-0.05, 0) is 53.1 Å². The summed E-state index contributed by atoms with van der Waals surface area (Å²) in [6, 6.07) is 27.8.